The number of benzene rings is 1. The molecule has 0 aliphatic carbocycles. The molecule has 0 saturated carbocycles. The molecule has 0 fully saturated rings. The van der Waals surface area contributed by atoms with Crippen LogP contribution in [-0.4, -0.2) is 36.2 Å². The molecule has 0 heterocycles. The van der Waals surface area contributed by atoms with Crippen molar-refractivity contribution in [2.45, 2.75) is 32.7 Å². The molecule has 0 aromatic heterocycles. The van der Waals surface area contributed by atoms with Gasteiger partial charge < -0.3 is 20.9 Å². The van der Waals surface area contributed by atoms with Gasteiger partial charge in [-0.3, -0.25) is 4.79 Å². The molecule has 0 aliphatic rings. The summed E-state index contributed by atoms with van der Waals surface area (Å²) in [4.78, 5) is 20.9. The molecule has 1 aromatic rings. The van der Waals surface area contributed by atoms with Crippen molar-refractivity contribution in [2.24, 2.45) is 5.73 Å². The van der Waals surface area contributed by atoms with Crippen molar-refractivity contribution in [1.29, 1.82) is 0 Å². The van der Waals surface area contributed by atoms with Crippen LogP contribution in [-0.2, 0) is 14.3 Å². The van der Waals surface area contributed by atoms with Crippen LogP contribution in [0.3, 0.4) is 0 Å². The molecule has 0 saturated heterocycles. The summed E-state index contributed by atoms with van der Waals surface area (Å²) < 4.78 is 4.89. The lowest BCUT2D eigenvalue weighted by molar-refractivity contribution is -0.142. The SMILES string of the molecule is C#CCOC(=O)[C@H](C)Nc1ccccc1C(C)C.NCC(=O)O. The van der Waals surface area contributed by atoms with Gasteiger partial charge in [-0.15, -0.1) is 6.42 Å². The number of hydrogen-bond acceptors (Lipinski definition) is 5. The average Bonchev–Trinajstić information content (AvgIpc) is 2.53. The number of esters is 1. The van der Waals surface area contributed by atoms with E-state index < -0.39 is 12.0 Å². The highest BCUT2D eigenvalue weighted by atomic mass is 16.5. The Bertz CT molecular complexity index is 550. The molecule has 1 atom stereocenters. The third-order valence-corrected chi connectivity index (χ3v) is 2.78. The standard InChI is InChI=1S/C15H19NO2.C2H5NO2/c1-5-10-18-15(17)12(4)16-14-9-7-6-8-13(14)11(2)3;3-1-2(4)5/h1,6-9,11-12,16H,10H2,2-4H3;1,3H2,(H,4,5)/t12-;/m0./s1. The first-order valence-electron chi connectivity index (χ1n) is 7.20. The third kappa shape index (κ3) is 8.49. The summed E-state index contributed by atoms with van der Waals surface area (Å²) in [5.41, 5.74) is 6.70. The quantitative estimate of drug-likeness (QED) is 0.546. The van der Waals surface area contributed by atoms with E-state index in [1.54, 1.807) is 6.92 Å². The first-order valence-corrected chi connectivity index (χ1v) is 7.20. The van der Waals surface area contributed by atoms with Crippen molar-refractivity contribution in [3.63, 3.8) is 0 Å². The molecule has 23 heavy (non-hydrogen) atoms. The predicted molar refractivity (Wildman–Crippen MR) is 90.1 cm³/mol. The molecule has 0 spiro atoms. The normalized spacial score (nSPS) is 10.8. The number of hydrogen-bond donors (Lipinski definition) is 3. The van der Waals surface area contributed by atoms with Crippen molar-refractivity contribution < 1.29 is 19.4 Å². The van der Waals surface area contributed by atoms with Gasteiger partial charge in [0.2, 0.25) is 0 Å². The van der Waals surface area contributed by atoms with E-state index in [9.17, 15) is 9.59 Å². The summed E-state index contributed by atoms with van der Waals surface area (Å²) in [5, 5.41) is 10.8. The van der Waals surface area contributed by atoms with Crippen molar-refractivity contribution in [1.82, 2.24) is 0 Å². The summed E-state index contributed by atoms with van der Waals surface area (Å²) >= 11 is 0. The number of carboxylic acid groups (broad SMARTS) is 1. The number of carboxylic acids is 1. The predicted octanol–water partition coefficient (Wildman–Crippen LogP) is 1.82. The Morgan fingerprint density at radius 2 is 1.91 bits per heavy atom. The summed E-state index contributed by atoms with van der Waals surface area (Å²) in [7, 11) is 0. The molecule has 6 heteroatoms. The lowest BCUT2D eigenvalue weighted by atomic mass is 10.0. The highest BCUT2D eigenvalue weighted by molar-refractivity contribution is 5.79. The summed E-state index contributed by atoms with van der Waals surface area (Å²) in [6.07, 6.45) is 5.05. The second kappa shape index (κ2) is 11.1. The Balaban J connectivity index is 0.000000841. The second-order valence-electron chi connectivity index (χ2n) is 5.02. The Hall–Kier alpha value is -2.52. The number of nitrogens with one attached hydrogen (secondary N) is 1. The molecule has 4 N–H and O–H groups in total. The summed E-state index contributed by atoms with van der Waals surface area (Å²) in [6, 6.07) is 7.51. The van der Waals surface area contributed by atoms with Crippen molar-refractivity contribution in [2.75, 3.05) is 18.5 Å². The maximum Gasteiger partial charge on any atom is 0.329 e. The number of ether oxygens (including phenoxy) is 1. The van der Waals surface area contributed by atoms with E-state index >= 15 is 0 Å². The van der Waals surface area contributed by atoms with E-state index in [0.717, 1.165) is 5.69 Å². The lowest BCUT2D eigenvalue weighted by Gasteiger charge is -2.18. The molecular formula is C17H24N2O4. The fraction of sp³-hybridized carbons (Fsp3) is 0.412. The average molecular weight is 320 g/mol. The Morgan fingerprint density at radius 1 is 1.35 bits per heavy atom. The molecule has 1 rings (SSSR count). The Kier molecular flexibility index (Phi) is 9.88. The monoisotopic (exact) mass is 320 g/mol. The van der Waals surface area contributed by atoms with Crippen LogP contribution in [0.1, 0.15) is 32.3 Å². The van der Waals surface area contributed by atoms with Crippen LogP contribution >= 0.6 is 0 Å². The number of nitrogens with two attached hydrogens (primary N) is 1. The van der Waals surface area contributed by atoms with Crippen LogP contribution in [0.5, 0.6) is 0 Å². The first kappa shape index (κ1) is 20.5. The van der Waals surface area contributed by atoms with Gasteiger partial charge in [-0.25, -0.2) is 4.79 Å². The summed E-state index contributed by atoms with van der Waals surface area (Å²) in [6.45, 7) is 5.72. The van der Waals surface area contributed by atoms with Crippen LogP contribution in [0.4, 0.5) is 5.69 Å². The first-order chi connectivity index (χ1) is 10.8. The number of anilines is 1. The topological polar surface area (TPSA) is 102 Å². The zero-order valence-electron chi connectivity index (χ0n) is 13.7. The molecule has 0 radical (unpaired) electrons. The molecule has 0 bridgehead atoms. The molecule has 0 amide bonds. The minimum absolute atomic E-state index is 0.0106. The van der Waals surface area contributed by atoms with Gasteiger partial charge in [0, 0.05) is 5.69 Å². The van der Waals surface area contributed by atoms with Gasteiger partial charge >= 0.3 is 11.9 Å². The summed E-state index contributed by atoms with van der Waals surface area (Å²) in [5.74, 6) is 1.36. The molecule has 0 unspecified atom stereocenters. The number of terminal acetylenes is 1. The van der Waals surface area contributed by atoms with E-state index in [1.807, 2.05) is 24.3 Å². The molecule has 1 aromatic carbocycles. The van der Waals surface area contributed by atoms with E-state index in [-0.39, 0.29) is 19.1 Å². The van der Waals surface area contributed by atoms with E-state index in [0.29, 0.717) is 5.92 Å². The number of carbonyl (C=O) groups excluding carboxylic acids is 1. The highest BCUT2D eigenvalue weighted by Crippen LogP contribution is 2.24. The molecular weight excluding hydrogens is 296 g/mol. The van der Waals surface area contributed by atoms with Crippen molar-refractivity contribution >= 4 is 17.6 Å². The fourth-order valence-corrected chi connectivity index (χ4v) is 1.66. The third-order valence-electron chi connectivity index (χ3n) is 2.78. The molecule has 126 valence electrons. The zero-order valence-corrected chi connectivity index (χ0v) is 13.7. The maximum absolute atomic E-state index is 11.6. The maximum atomic E-state index is 11.6. The number of aliphatic carboxylic acids is 1. The van der Waals surface area contributed by atoms with Crippen LogP contribution in [0.15, 0.2) is 24.3 Å². The van der Waals surface area contributed by atoms with Crippen LogP contribution in [0.2, 0.25) is 0 Å². The number of para-hydroxylation sites is 1. The number of carbonyl (C=O) groups is 2. The minimum atomic E-state index is -0.968. The molecule has 0 aliphatic heterocycles. The van der Waals surface area contributed by atoms with Gasteiger partial charge in [0.25, 0.3) is 0 Å². The van der Waals surface area contributed by atoms with Crippen LogP contribution < -0.4 is 11.1 Å². The van der Waals surface area contributed by atoms with Gasteiger partial charge in [-0.2, -0.15) is 0 Å². The molecule has 6 nitrogen and oxygen atoms in total. The van der Waals surface area contributed by atoms with Gasteiger partial charge in [0.15, 0.2) is 6.61 Å². The Labute approximate surface area is 137 Å². The van der Waals surface area contributed by atoms with Gasteiger partial charge in [0.1, 0.15) is 6.04 Å². The Morgan fingerprint density at radius 3 is 2.39 bits per heavy atom. The van der Waals surface area contributed by atoms with E-state index in [4.69, 9.17) is 16.3 Å². The van der Waals surface area contributed by atoms with Crippen LogP contribution in [0, 0.1) is 12.3 Å². The van der Waals surface area contributed by atoms with Crippen molar-refractivity contribution in [3.8, 4) is 12.3 Å². The number of rotatable bonds is 6. The zero-order chi connectivity index (χ0) is 17.8. The van der Waals surface area contributed by atoms with Gasteiger partial charge in [-0.05, 0) is 24.5 Å². The largest absolute Gasteiger partial charge is 0.480 e. The van der Waals surface area contributed by atoms with Gasteiger partial charge in [0.05, 0.1) is 6.54 Å². The lowest BCUT2D eigenvalue weighted by Crippen LogP contribution is -2.28. The van der Waals surface area contributed by atoms with E-state index in [2.05, 4.69) is 30.8 Å². The minimum Gasteiger partial charge on any atom is -0.480 e. The van der Waals surface area contributed by atoms with E-state index in [1.165, 1.54) is 5.56 Å². The highest BCUT2D eigenvalue weighted by Gasteiger charge is 2.15. The van der Waals surface area contributed by atoms with Crippen molar-refractivity contribution in [3.05, 3.63) is 29.8 Å². The fourth-order valence-electron chi connectivity index (χ4n) is 1.66. The van der Waals surface area contributed by atoms with Crippen LogP contribution in [0.25, 0.3) is 0 Å². The smallest absolute Gasteiger partial charge is 0.329 e. The van der Waals surface area contributed by atoms with Gasteiger partial charge in [-0.1, -0.05) is 38.0 Å². The second-order valence-corrected chi connectivity index (χ2v) is 5.02.